The first-order valence-corrected chi connectivity index (χ1v) is 18.4. The largest absolute Gasteiger partial charge is 0.311 e. The van der Waals surface area contributed by atoms with Crippen LogP contribution in [0.15, 0.2) is 212 Å². The first-order chi connectivity index (χ1) is 26.2. The molecule has 9 aromatic carbocycles. The molecule has 0 radical (unpaired) electrons. The Morgan fingerprint density at radius 3 is 1.32 bits per heavy atom. The van der Waals surface area contributed by atoms with Crippen molar-refractivity contribution in [1.29, 1.82) is 0 Å². The number of anilines is 2. The van der Waals surface area contributed by atoms with Crippen molar-refractivity contribution in [2.75, 3.05) is 4.90 Å². The van der Waals surface area contributed by atoms with E-state index in [2.05, 4.69) is 218 Å². The van der Waals surface area contributed by atoms with Crippen LogP contribution in [-0.4, -0.2) is 0 Å². The van der Waals surface area contributed by atoms with Gasteiger partial charge in [0.2, 0.25) is 0 Å². The Balaban J connectivity index is 1.08. The molecule has 252 valence electrons. The van der Waals surface area contributed by atoms with Gasteiger partial charge in [0.05, 0.1) is 0 Å². The number of hydrogen-bond acceptors (Lipinski definition) is 1. The summed E-state index contributed by atoms with van der Waals surface area (Å²) in [5.74, 6) is 0. The molecule has 0 unspecified atom stereocenters. The Morgan fingerprint density at radius 2 is 0.830 bits per heavy atom. The lowest BCUT2D eigenvalue weighted by Crippen LogP contribution is -2.15. The number of benzene rings is 9. The van der Waals surface area contributed by atoms with E-state index < -0.39 is 0 Å². The highest BCUT2D eigenvalue weighted by Gasteiger charge is 2.14. The van der Waals surface area contributed by atoms with Gasteiger partial charge in [0.25, 0.3) is 0 Å². The van der Waals surface area contributed by atoms with Crippen LogP contribution in [0.1, 0.15) is 12.5 Å². The minimum absolute atomic E-state index is 0.872. The maximum atomic E-state index is 2.36. The van der Waals surface area contributed by atoms with Crippen LogP contribution in [-0.2, 0) is 6.42 Å². The van der Waals surface area contributed by atoms with Crippen LogP contribution in [0.2, 0.25) is 0 Å². The van der Waals surface area contributed by atoms with Gasteiger partial charge < -0.3 is 4.90 Å². The molecule has 0 aliphatic heterocycles. The third-order valence-corrected chi connectivity index (χ3v) is 10.5. The molecule has 0 fully saturated rings. The smallest absolute Gasteiger partial charge is 0.0461 e. The van der Waals surface area contributed by atoms with E-state index in [-0.39, 0.29) is 0 Å². The van der Waals surface area contributed by atoms with Crippen molar-refractivity contribution in [3.05, 3.63) is 218 Å². The second kappa shape index (κ2) is 14.1. The number of hydrogen-bond donors (Lipinski definition) is 0. The molecule has 0 bridgehead atoms. The quantitative estimate of drug-likeness (QED) is 0.114. The highest BCUT2D eigenvalue weighted by Crippen LogP contribution is 2.36. The molecule has 0 aliphatic carbocycles. The summed E-state index contributed by atoms with van der Waals surface area (Å²) in [5.41, 5.74) is 9.47. The molecule has 0 amide bonds. The van der Waals surface area contributed by atoms with Gasteiger partial charge in [-0.3, -0.25) is 0 Å². The standard InChI is InChI=1S/C52H39N/c1-2-46(16-10-13-37-11-4-3-5-12-37)53(47-31-27-38(28-32-47)44-25-23-42-21-19-40-14-6-8-17-49(40)51(42)35-44)48-33-29-39(30-34-48)45-26-24-43-22-20-41-15-7-9-18-50(41)52(43)36-45/h2-12,14-36H,13H2,1H3/b16-10-,46-2+. The van der Waals surface area contributed by atoms with Gasteiger partial charge in [-0.1, -0.05) is 164 Å². The van der Waals surface area contributed by atoms with Crippen LogP contribution >= 0.6 is 0 Å². The molecule has 9 aromatic rings. The van der Waals surface area contributed by atoms with Crippen molar-refractivity contribution in [2.24, 2.45) is 0 Å². The van der Waals surface area contributed by atoms with Gasteiger partial charge in [0.1, 0.15) is 0 Å². The Labute approximate surface area is 311 Å². The van der Waals surface area contributed by atoms with E-state index in [9.17, 15) is 0 Å². The van der Waals surface area contributed by atoms with Crippen LogP contribution < -0.4 is 4.90 Å². The zero-order valence-electron chi connectivity index (χ0n) is 29.8. The summed E-state index contributed by atoms with van der Waals surface area (Å²) in [6, 6.07) is 68.4. The lowest BCUT2D eigenvalue weighted by Gasteiger charge is -2.27. The molecule has 53 heavy (non-hydrogen) atoms. The number of allylic oxidation sites excluding steroid dienone is 3. The third-order valence-electron chi connectivity index (χ3n) is 10.5. The fraction of sp³-hybridized carbons (Fsp3) is 0.0385. The number of rotatable bonds is 8. The maximum absolute atomic E-state index is 2.36. The summed E-state index contributed by atoms with van der Waals surface area (Å²) in [6.07, 6.45) is 7.58. The predicted octanol–water partition coefficient (Wildman–Crippen LogP) is 14.5. The summed E-state index contributed by atoms with van der Waals surface area (Å²) in [5, 5.41) is 10.2. The zero-order valence-corrected chi connectivity index (χ0v) is 29.8. The highest BCUT2D eigenvalue weighted by atomic mass is 15.1. The monoisotopic (exact) mass is 677 g/mol. The molecule has 0 N–H and O–H groups in total. The minimum Gasteiger partial charge on any atom is -0.311 e. The lowest BCUT2D eigenvalue weighted by molar-refractivity contribution is 1.18. The minimum atomic E-state index is 0.872. The first kappa shape index (κ1) is 32.2. The summed E-state index contributed by atoms with van der Waals surface area (Å²) >= 11 is 0. The van der Waals surface area contributed by atoms with Crippen LogP contribution in [0.3, 0.4) is 0 Å². The van der Waals surface area contributed by atoms with E-state index in [1.165, 1.54) is 70.9 Å². The molecule has 9 rings (SSSR count). The fourth-order valence-corrected chi connectivity index (χ4v) is 7.65. The van der Waals surface area contributed by atoms with Gasteiger partial charge in [-0.05, 0) is 127 Å². The van der Waals surface area contributed by atoms with E-state index in [1.807, 2.05) is 0 Å². The van der Waals surface area contributed by atoms with E-state index in [0.29, 0.717) is 0 Å². The summed E-state index contributed by atoms with van der Waals surface area (Å²) in [6.45, 7) is 2.12. The molecule has 0 aromatic heterocycles. The SMILES string of the molecule is C/C=C(\C=C/Cc1ccccc1)N(c1ccc(-c2ccc3ccc4ccccc4c3c2)cc1)c1ccc(-c2ccc3ccc4ccccc4c3c2)cc1. The van der Waals surface area contributed by atoms with Gasteiger partial charge in [-0.25, -0.2) is 0 Å². The van der Waals surface area contributed by atoms with Crippen molar-refractivity contribution in [1.82, 2.24) is 0 Å². The summed E-state index contributed by atoms with van der Waals surface area (Å²) < 4.78 is 0. The van der Waals surface area contributed by atoms with Gasteiger partial charge in [0, 0.05) is 17.1 Å². The molecule has 0 heterocycles. The molecule has 0 saturated heterocycles. The Hall–Kier alpha value is -6.70. The van der Waals surface area contributed by atoms with Crippen molar-refractivity contribution in [2.45, 2.75) is 13.3 Å². The van der Waals surface area contributed by atoms with Crippen LogP contribution in [0, 0.1) is 0 Å². The highest BCUT2D eigenvalue weighted by molar-refractivity contribution is 6.09. The van der Waals surface area contributed by atoms with Crippen molar-refractivity contribution >= 4 is 54.5 Å². The second-order valence-electron chi connectivity index (χ2n) is 13.7. The summed E-state index contributed by atoms with van der Waals surface area (Å²) in [7, 11) is 0. The predicted molar refractivity (Wildman–Crippen MR) is 229 cm³/mol. The molecular weight excluding hydrogens is 639 g/mol. The number of fused-ring (bicyclic) bond motifs is 6. The van der Waals surface area contributed by atoms with Crippen molar-refractivity contribution in [3.8, 4) is 22.3 Å². The lowest BCUT2D eigenvalue weighted by atomic mass is 9.96. The van der Waals surface area contributed by atoms with E-state index in [0.717, 1.165) is 23.5 Å². The normalized spacial score (nSPS) is 12.0. The van der Waals surface area contributed by atoms with Crippen molar-refractivity contribution < 1.29 is 0 Å². The van der Waals surface area contributed by atoms with Crippen LogP contribution in [0.25, 0.3) is 65.3 Å². The Bertz CT molecular complexity index is 2630. The molecule has 1 nitrogen and oxygen atoms in total. The molecular formula is C52H39N. The molecule has 0 spiro atoms. The Morgan fingerprint density at radius 1 is 0.415 bits per heavy atom. The van der Waals surface area contributed by atoms with E-state index in [1.54, 1.807) is 0 Å². The number of nitrogens with zero attached hydrogens (tertiary/aromatic N) is 1. The third kappa shape index (κ3) is 6.39. The van der Waals surface area contributed by atoms with E-state index >= 15 is 0 Å². The molecule has 0 atom stereocenters. The first-order valence-electron chi connectivity index (χ1n) is 18.4. The van der Waals surface area contributed by atoms with Crippen LogP contribution in [0.5, 0.6) is 0 Å². The van der Waals surface area contributed by atoms with Gasteiger partial charge in [-0.2, -0.15) is 0 Å². The average molecular weight is 678 g/mol. The van der Waals surface area contributed by atoms with E-state index in [4.69, 9.17) is 0 Å². The second-order valence-corrected chi connectivity index (χ2v) is 13.7. The van der Waals surface area contributed by atoms with Crippen molar-refractivity contribution in [3.63, 3.8) is 0 Å². The summed E-state index contributed by atoms with van der Waals surface area (Å²) in [4.78, 5) is 2.36. The fourth-order valence-electron chi connectivity index (χ4n) is 7.65. The van der Waals surface area contributed by atoms with Gasteiger partial charge in [0.15, 0.2) is 0 Å². The molecule has 0 saturated carbocycles. The average Bonchev–Trinajstić information content (AvgIpc) is 3.23. The van der Waals surface area contributed by atoms with Gasteiger partial charge in [-0.15, -0.1) is 0 Å². The zero-order chi connectivity index (χ0) is 35.6. The maximum Gasteiger partial charge on any atom is 0.0461 e. The molecule has 0 aliphatic rings. The molecule has 1 heteroatoms. The Kier molecular flexibility index (Phi) is 8.60. The van der Waals surface area contributed by atoms with Gasteiger partial charge >= 0.3 is 0 Å². The van der Waals surface area contributed by atoms with Crippen LogP contribution in [0.4, 0.5) is 11.4 Å². The topological polar surface area (TPSA) is 3.24 Å².